The third-order valence-electron chi connectivity index (χ3n) is 4.17. The first-order valence-corrected chi connectivity index (χ1v) is 6.83. The van der Waals surface area contributed by atoms with Gasteiger partial charge in [0.1, 0.15) is 0 Å². The average Bonchev–Trinajstić information content (AvgIpc) is 3.02. The van der Waals surface area contributed by atoms with Crippen LogP contribution in [0.4, 0.5) is 0 Å². The molecule has 2 bridgehead atoms. The fourth-order valence-corrected chi connectivity index (χ4v) is 3.19. The van der Waals surface area contributed by atoms with Gasteiger partial charge < -0.3 is 5.32 Å². The molecular weight excluding hydrogens is 222 g/mol. The number of fused-ring (bicyclic) bond motifs is 2. The van der Waals surface area contributed by atoms with E-state index in [0.717, 1.165) is 19.4 Å². The number of benzene rings is 1. The third-order valence-corrected chi connectivity index (χ3v) is 4.17. The molecule has 0 aliphatic heterocycles. The van der Waals surface area contributed by atoms with Gasteiger partial charge in [0.15, 0.2) is 0 Å². The predicted molar refractivity (Wildman–Crippen MR) is 72.0 cm³/mol. The van der Waals surface area contributed by atoms with E-state index >= 15 is 0 Å². The molecular formula is C16H19NO. The Labute approximate surface area is 108 Å². The van der Waals surface area contributed by atoms with E-state index in [-0.39, 0.29) is 11.8 Å². The Hall–Kier alpha value is -1.57. The monoisotopic (exact) mass is 241 g/mol. The summed E-state index contributed by atoms with van der Waals surface area (Å²) in [6.45, 7) is 0.750. The van der Waals surface area contributed by atoms with Crippen molar-refractivity contribution in [3.05, 3.63) is 48.0 Å². The van der Waals surface area contributed by atoms with Gasteiger partial charge in [-0.1, -0.05) is 42.5 Å². The second-order valence-corrected chi connectivity index (χ2v) is 5.41. The molecule has 2 nitrogen and oxygen atoms in total. The molecule has 1 fully saturated rings. The molecule has 94 valence electrons. The largest absolute Gasteiger partial charge is 0.356 e. The number of hydrogen-bond donors (Lipinski definition) is 1. The van der Waals surface area contributed by atoms with E-state index in [9.17, 15) is 4.79 Å². The van der Waals surface area contributed by atoms with Crippen LogP contribution in [0.3, 0.4) is 0 Å². The molecule has 2 aliphatic carbocycles. The second-order valence-electron chi connectivity index (χ2n) is 5.41. The van der Waals surface area contributed by atoms with Crippen LogP contribution in [0.1, 0.15) is 18.4 Å². The Morgan fingerprint density at radius 3 is 2.67 bits per heavy atom. The van der Waals surface area contributed by atoms with Crippen LogP contribution in [0.5, 0.6) is 0 Å². The van der Waals surface area contributed by atoms with Crippen molar-refractivity contribution < 1.29 is 4.79 Å². The van der Waals surface area contributed by atoms with Crippen molar-refractivity contribution in [2.75, 3.05) is 6.54 Å². The Morgan fingerprint density at radius 1 is 1.17 bits per heavy atom. The first-order chi connectivity index (χ1) is 8.83. The van der Waals surface area contributed by atoms with Gasteiger partial charge in [0.2, 0.25) is 5.91 Å². The Morgan fingerprint density at radius 2 is 2.00 bits per heavy atom. The van der Waals surface area contributed by atoms with Gasteiger partial charge in [0.05, 0.1) is 0 Å². The maximum atomic E-state index is 12.1. The molecule has 1 aromatic rings. The van der Waals surface area contributed by atoms with Gasteiger partial charge in [-0.3, -0.25) is 4.79 Å². The van der Waals surface area contributed by atoms with E-state index in [0.29, 0.717) is 11.8 Å². The van der Waals surface area contributed by atoms with Crippen LogP contribution in [-0.2, 0) is 11.2 Å². The van der Waals surface area contributed by atoms with Crippen LogP contribution in [0, 0.1) is 17.8 Å². The minimum atomic E-state index is 0.232. The highest BCUT2D eigenvalue weighted by Gasteiger charge is 2.39. The Balaban J connectivity index is 1.46. The van der Waals surface area contributed by atoms with E-state index in [1.807, 2.05) is 18.2 Å². The van der Waals surface area contributed by atoms with Crippen molar-refractivity contribution in [2.24, 2.45) is 17.8 Å². The fraction of sp³-hybridized carbons (Fsp3) is 0.438. The van der Waals surface area contributed by atoms with Gasteiger partial charge in [-0.2, -0.15) is 0 Å². The van der Waals surface area contributed by atoms with E-state index in [2.05, 4.69) is 29.6 Å². The molecule has 0 radical (unpaired) electrons. The molecule has 0 spiro atoms. The van der Waals surface area contributed by atoms with Crippen LogP contribution in [0.15, 0.2) is 42.5 Å². The normalized spacial score (nSPS) is 28.6. The quantitative estimate of drug-likeness (QED) is 0.806. The van der Waals surface area contributed by atoms with E-state index in [4.69, 9.17) is 0 Å². The van der Waals surface area contributed by atoms with E-state index in [1.54, 1.807) is 0 Å². The summed E-state index contributed by atoms with van der Waals surface area (Å²) in [7, 11) is 0. The number of rotatable bonds is 4. The average molecular weight is 241 g/mol. The standard InChI is InChI=1S/C16H19NO/c18-16(15-11-13-6-7-14(15)10-13)17-9-8-12-4-2-1-3-5-12/h1-7,13-15H,8-11H2,(H,17,18). The summed E-state index contributed by atoms with van der Waals surface area (Å²) < 4.78 is 0. The molecule has 1 aromatic carbocycles. The molecule has 3 rings (SSSR count). The summed E-state index contributed by atoms with van der Waals surface area (Å²) >= 11 is 0. The molecule has 2 heteroatoms. The molecule has 1 N–H and O–H groups in total. The smallest absolute Gasteiger partial charge is 0.223 e. The summed E-state index contributed by atoms with van der Waals surface area (Å²) in [5.41, 5.74) is 1.28. The number of hydrogen-bond acceptors (Lipinski definition) is 1. The molecule has 18 heavy (non-hydrogen) atoms. The Bertz CT molecular complexity index is 451. The maximum absolute atomic E-state index is 12.1. The lowest BCUT2D eigenvalue weighted by molar-refractivity contribution is -0.125. The zero-order chi connectivity index (χ0) is 12.4. The third kappa shape index (κ3) is 2.33. The summed E-state index contributed by atoms with van der Waals surface area (Å²) in [6, 6.07) is 10.3. The Kier molecular flexibility index (Phi) is 3.18. The molecule has 3 unspecified atom stereocenters. The van der Waals surface area contributed by atoms with Crippen LogP contribution < -0.4 is 5.32 Å². The fourth-order valence-electron chi connectivity index (χ4n) is 3.19. The minimum absolute atomic E-state index is 0.232. The first kappa shape index (κ1) is 11.5. The van der Waals surface area contributed by atoms with Gasteiger partial charge in [0, 0.05) is 12.5 Å². The minimum Gasteiger partial charge on any atom is -0.356 e. The molecule has 0 saturated heterocycles. The topological polar surface area (TPSA) is 29.1 Å². The van der Waals surface area contributed by atoms with Crippen molar-refractivity contribution in [3.8, 4) is 0 Å². The highest BCUT2D eigenvalue weighted by Crippen LogP contribution is 2.43. The zero-order valence-corrected chi connectivity index (χ0v) is 10.5. The maximum Gasteiger partial charge on any atom is 0.223 e. The van der Waals surface area contributed by atoms with Crippen LogP contribution in [0.2, 0.25) is 0 Å². The van der Waals surface area contributed by atoms with E-state index in [1.165, 1.54) is 12.0 Å². The summed E-state index contributed by atoms with van der Waals surface area (Å²) in [6.07, 6.45) is 7.67. The molecule has 3 atom stereocenters. The van der Waals surface area contributed by atoms with Crippen molar-refractivity contribution in [3.63, 3.8) is 0 Å². The van der Waals surface area contributed by atoms with Crippen molar-refractivity contribution in [2.45, 2.75) is 19.3 Å². The highest BCUT2D eigenvalue weighted by atomic mass is 16.1. The molecule has 2 aliphatic rings. The molecule has 0 aromatic heterocycles. The summed E-state index contributed by atoms with van der Waals surface area (Å²) in [5, 5.41) is 3.09. The van der Waals surface area contributed by atoms with Gasteiger partial charge >= 0.3 is 0 Å². The van der Waals surface area contributed by atoms with E-state index < -0.39 is 0 Å². The van der Waals surface area contributed by atoms with Gasteiger partial charge in [-0.05, 0) is 36.7 Å². The van der Waals surface area contributed by atoms with Gasteiger partial charge in [0.25, 0.3) is 0 Å². The first-order valence-electron chi connectivity index (χ1n) is 6.83. The summed E-state index contributed by atoms with van der Waals surface area (Å²) in [5.74, 6) is 1.66. The predicted octanol–water partition coefficient (Wildman–Crippen LogP) is 2.56. The van der Waals surface area contributed by atoms with Crippen LogP contribution in [-0.4, -0.2) is 12.5 Å². The van der Waals surface area contributed by atoms with Crippen LogP contribution in [0.25, 0.3) is 0 Å². The number of carbonyl (C=O) groups excluding carboxylic acids is 1. The lowest BCUT2D eigenvalue weighted by Gasteiger charge is -2.17. The van der Waals surface area contributed by atoms with Crippen molar-refractivity contribution in [1.82, 2.24) is 5.32 Å². The zero-order valence-electron chi connectivity index (χ0n) is 10.5. The van der Waals surface area contributed by atoms with Gasteiger partial charge in [-0.15, -0.1) is 0 Å². The number of nitrogens with one attached hydrogen (secondary N) is 1. The number of amides is 1. The SMILES string of the molecule is O=C(NCCc1ccccc1)C1CC2C=CC1C2. The molecule has 0 heterocycles. The number of allylic oxidation sites excluding steroid dienone is 2. The molecule has 1 saturated carbocycles. The lowest BCUT2D eigenvalue weighted by atomic mass is 9.93. The van der Waals surface area contributed by atoms with Crippen molar-refractivity contribution in [1.29, 1.82) is 0 Å². The lowest BCUT2D eigenvalue weighted by Crippen LogP contribution is -2.34. The second kappa shape index (κ2) is 4.97. The number of carbonyl (C=O) groups is 1. The highest BCUT2D eigenvalue weighted by molar-refractivity contribution is 5.79. The van der Waals surface area contributed by atoms with Crippen molar-refractivity contribution >= 4 is 5.91 Å². The summed E-state index contributed by atoms with van der Waals surface area (Å²) in [4.78, 5) is 12.1. The van der Waals surface area contributed by atoms with Gasteiger partial charge in [-0.25, -0.2) is 0 Å². The van der Waals surface area contributed by atoms with Crippen LogP contribution >= 0.6 is 0 Å². The molecule has 1 amide bonds.